The average Bonchev–Trinajstić information content (AvgIpc) is 2.35. The Balaban J connectivity index is 2.07. The number of hydrogen-bond acceptors (Lipinski definition) is 3. The van der Waals surface area contributed by atoms with E-state index in [4.69, 9.17) is 9.47 Å². The molecule has 3 nitrogen and oxygen atoms in total. The van der Waals surface area contributed by atoms with Crippen molar-refractivity contribution in [3.05, 3.63) is 29.8 Å². The Labute approximate surface area is 115 Å². The summed E-state index contributed by atoms with van der Waals surface area (Å²) in [5.74, 6) is 1.42. The molecule has 0 radical (unpaired) electrons. The van der Waals surface area contributed by atoms with Gasteiger partial charge in [0.05, 0.1) is 12.2 Å². The molecule has 1 unspecified atom stereocenters. The molecule has 0 aromatic heterocycles. The monoisotopic (exact) mass is 264 g/mol. The van der Waals surface area contributed by atoms with Gasteiger partial charge in [0.2, 0.25) is 0 Å². The van der Waals surface area contributed by atoms with Gasteiger partial charge in [0.25, 0.3) is 0 Å². The summed E-state index contributed by atoms with van der Waals surface area (Å²) in [7, 11) is 1.65. The third kappa shape index (κ3) is 3.71. The first kappa shape index (κ1) is 14.4. The number of ether oxygens (including phenoxy) is 2. The minimum absolute atomic E-state index is 0.507. The second-order valence-corrected chi connectivity index (χ2v) is 5.61. The number of hydrogen-bond donors (Lipinski definition) is 1. The van der Waals surface area contributed by atoms with Crippen molar-refractivity contribution >= 4 is 0 Å². The summed E-state index contributed by atoms with van der Waals surface area (Å²) in [5.41, 5.74) is 0.0763. The maximum absolute atomic E-state index is 10.7. The molecular weight excluding hydrogens is 240 g/mol. The Morgan fingerprint density at radius 2 is 2.00 bits per heavy atom. The zero-order valence-electron chi connectivity index (χ0n) is 11.9. The molecule has 0 spiro atoms. The molecule has 1 atom stereocenters. The van der Waals surface area contributed by atoms with Gasteiger partial charge < -0.3 is 14.6 Å². The molecule has 0 aliphatic heterocycles. The number of methoxy groups -OCH3 is 1. The summed E-state index contributed by atoms with van der Waals surface area (Å²) in [4.78, 5) is 0. The molecule has 19 heavy (non-hydrogen) atoms. The quantitative estimate of drug-likeness (QED) is 0.769. The van der Waals surface area contributed by atoms with Crippen LogP contribution >= 0.6 is 0 Å². The van der Waals surface area contributed by atoms with Crippen molar-refractivity contribution in [1.82, 2.24) is 0 Å². The van der Waals surface area contributed by atoms with E-state index in [-0.39, 0.29) is 0 Å². The second kappa shape index (κ2) is 6.40. The van der Waals surface area contributed by atoms with Gasteiger partial charge in [0.1, 0.15) is 12.4 Å². The maximum atomic E-state index is 10.7. The van der Waals surface area contributed by atoms with Gasteiger partial charge in [-0.25, -0.2) is 0 Å². The number of rotatable bonds is 7. The van der Waals surface area contributed by atoms with Crippen LogP contribution in [0.2, 0.25) is 0 Å². The van der Waals surface area contributed by atoms with Crippen LogP contribution in [0.1, 0.15) is 38.2 Å². The molecule has 1 fully saturated rings. The summed E-state index contributed by atoms with van der Waals surface area (Å²) in [5, 5.41) is 10.7. The van der Waals surface area contributed by atoms with E-state index in [0.29, 0.717) is 19.1 Å². The molecule has 1 aliphatic rings. The van der Waals surface area contributed by atoms with Crippen LogP contribution in [0.5, 0.6) is 5.75 Å². The Kier molecular flexibility index (Phi) is 4.83. The first-order valence-corrected chi connectivity index (χ1v) is 7.07. The lowest BCUT2D eigenvalue weighted by molar-refractivity contribution is 0.0131. The fourth-order valence-electron chi connectivity index (χ4n) is 2.64. The van der Waals surface area contributed by atoms with Crippen LogP contribution in [0.15, 0.2) is 24.3 Å². The third-order valence-electron chi connectivity index (χ3n) is 3.92. The first-order chi connectivity index (χ1) is 9.13. The highest BCUT2D eigenvalue weighted by Gasteiger charge is 2.32. The van der Waals surface area contributed by atoms with E-state index in [2.05, 4.69) is 0 Å². The Morgan fingerprint density at radius 3 is 2.63 bits per heavy atom. The molecule has 1 saturated carbocycles. The largest absolute Gasteiger partial charge is 0.491 e. The molecule has 0 saturated heterocycles. The molecule has 1 aromatic rings. The van der Waals surface area contributed by atoms with Crippen molar-refractivity contribution in [3.8, 4) is 5.75 Å². The van der Waals surface area contributed by atoms with Crippen LogP contribution in [0.4, 0.5) is 0 Å². The van der Waals surface area contributed by atoms with Crippen LogP contribution in [-0.2, 0) is 10.3 Å². The summed E-state index contributed by atoms with van der Waals surface area (Å²) in [6, 6.07) is 7.76. The predicted octanol–water partition coefficient (Wildman–Crippen LogP) is 3.11. The molecule has 0 heterocycles. The topological polar surface area (TPSA) is 38.7 Å². The van der Waals surface area contributed by atoms with Crippen molar-refractivity contribution in [2.45, 2.75) is 38.2 Å². The van der Waals surface area contributed by atoms with Gasteiger partial charge in [-0.05, 0) is 25.3 Å². The van der Waals surface area contributed by atoms with E-state index in [0.717, 1.165) is 17.7 Å². The molecule has 0 amide bonds. The van der Waals surface area contributed by atoms with Crippen LogP contribution in [-0.4, -0.2) is 25.4 Å². The van der Waals surface area contributed by atoms with Crippen LogP contribution in [0.25, 0.3) is 0 Å². The molecule has 106 valence electrons. The molecular formula is C16H24O3. The fourth-order valence-corrected chi connectivity index (χ4v) is 2.64. The molecule has 2 rings (SSSR count). The minimum Gasteiger partial charge on any atom is -0.491 e. The van der Waals surface area contributed by atoms with Crippen molar-refractivity contribution < 1.29 is 14.6 Å². The van der Waals surface area contributed by atoms with Gasteiger partial charge in [-0.15, -0.1) is 0 Å². The number of benzene rings is 1. The molecule has 0 bridgehead atoms. The van der Waals surface area contributed by atoms with Gasteiger partial charge in [0, 0.05) is 12.7 Å². The van der Waals surface area contributed by atoms with Gasteiger partial charge in [-0.2, -0.15) is 0 Å². The van der Waals surface area contributed by atoms with Crippen molar-refractivity contribution in [2.24, 2.45) is 5.92 Å². The summed E-state index contributed by atoms with van der Waals surface area (Å²) >= 11 is 0. The lowest BCUT2D eigenvalue weighted by Crippen LogP contribution is -2.28. The van der Waals surface area contributed by atoms with Gasteiger partial charge in [-0.3, -0.25) is 0 Å². The van der Waals surface area contributed by atoms with Crippen LogP contribution < -0.4 is 4.74 Å². The van der Waals surface area contributed by atoms with Gasteiger partial charge in [0.15, 0.2) is 0 Å². The number of aliphatic hydroxyl groups is 1. The number of para-hydroxylation sites is 1. The summed E-state index contributed by atoms with van der Waals surface area (Å²) < 4.78 is 10.7. The fraction of sp³-hybridized carbons (Fsp3) is 0.625. The lowest BCUT2D eigenvalue weighted by atomic mass is 9.75. The minimum atomic E-state index is -0.811. The molecule has 1 aromatic carbocycles. The van der Waals surface area contributed by atoms with Gasteiger partial charge in [-0.1, -0.05) is 37.5 Å². The van der Waals surface area contributed by atoms with E-state index in [1.165, 1.54) is 19.3 Å². The van der Waals surface area contributed by atoms with E-state index < -0.39 is 5.60 Å². The average molecular weight is 264 g/mol. The first-order valence-electron chi connectivity index (χ1n) is 7.07. The van der Waals surface area contributed by atoms with Crippen LogP contribution in [0.3, 0.4) is 0 Å². The lowest BCUT2D eigenvalue weighted by Gasteiger charge is -2.34. The van der Waals surface area contributed by atoms with Crippen LogP contribution in [0, 0.1) is 5.92 Å². The van der Waals surface area contributed by atoms with Crippen molar-refractivity contribution in [3.63, 3.8) is 0 Å². The zero-order chi connectivity index (χ0) is 13.7. The Hall–Kier alpha value is -1.06. The summed E-state index contributed by atoms with van der Waals surface area (Å²) in [6.07, 6.45) is 4.59. The standard InChI is InChI=1S/C16H24O3/c1-16(17,12-13-6-5-7-13)14-8-3-4-9-15(14)19-11-10-18-2/h3-4,8-9,13,17H,5-7,10-12H2,1-2H3. The van der Waals surface area contributed by atoms with Crippen molar-refractivity contribution in [2.75, 3.05) is 20.3 Å². The van der Waals surface area contributed by atoms with E-state index in [1.807, 2.05) is 31.2 Å². The Bertz CT molecular complexity index is 397. The van der Waals surface area contributed by atoms with E-state index >= 15 is 0 Å². The predicted molar refractivity (Wildman–Crippen MR) is 75.3 cm³/mol. The Morgan fingerprint density at radius 1 is 1.26 bits per heavy atom. The highest BCUT2D eigenvalue weighted by Crippen LogP contribution is 2.40. The van der Waals surface area contributed by atoms with E-state index in [9.17, 15) is 5.11 Å². The zero-order valence-corrected chi connectivity index (χ0v) is 11.9. The SMILES string of the molecule is COCCOc1ccccc1C(C)(O)CC1CCC1. The highest BCUT2D eigenvalue weighted by molar-refractivity contribution is 5.37. The molecule has 3 heteroatoms. The second-order valence-electron chi connectivity index (χ2n) is 5.61. The van der Waals surface area contributed by atoms with E-state index in [1.54, 1.807) is 7.11 Å². The smallest absolute Gasteiger partial charge is 0.125 e. The normalized spacial score (nSPS) is 18.7. The molecule has 1 aliphatic carbocycles. The summed E-state index contributed by atoms with van der Waals surface area (Å²) in [6.45, 7) is 2.95. The van der Waals surface area contributed by atoms with Crippen molar-refractivity contribution in [1.29, 1.82) is 0 Å². The highest BCUT2D eigenvalue weighted by atomic mass is 16.5. The maximum Gasteiger partial charge on any atom is 0.125 e. The molecule has 1 N–H and O–H groups in total. The van der Waals surface area contributed by atoms with Gasteiger partial charge >= 0.3 is 0 Å². The third-order valence-corrected chi connectivity index (χ3v) is 3.92.